The average Bonchev–Trinajstić information content (AvgIpc) is 3.50. The molecule has 6 rings (SSSR count). The highest BCUT2D eigenvalue weighted by Gasteiger charge is 2.41. The van der Waals surface area contributed by atoms with Crippen LogP contribution in [0.5, 0.6) is 23.0 Å². The Morgan fingerprint density at radius 2 is 1.73 bits per heavy atom. The molecule has 270 valence electrons. The third kappa shape index (κ3) is 7.92. The standard InChI is InChI=1S/C41H47NO9/c1-23(44)51-41(37(47)15-25-9-11-36(46)39(16-25)49-2)20-28(45)19-30-29-14-24(12-13-43)8-10-26(29)17-33(31-21-38(48)40(50-3)22-32(30)31)35-18-27-6-4-5-7-34(27)42-35/h4-7,9,11,16-18,21-22,24,26,29-30,37,41-43,46-48H,8,10,12-15,19-20H2,1-3H3/t24-,26-,29+,30+,37+,41+/m1/s1. The van der Waals surface area contributed by atoms with Crippen LogP contribution in [0.1, 0.15) is 73.8 Å². The lowest BCUT2D eigenvalue weighted by Crippen LogP contribution is -2.35. The molecular weight excluding hydrogens is 650 g/mol. The molecule has 2 aliphatic carbocycles. The van der Waals surface area contributed by atoms with Gasteiger partial charge in [0, 0.05) is 55.0 Å². The molecule has 5 N–H and O–H groups in total. The van der Waals surface area contributed by atoms with E-state index in [0.717, 1.165) is 52.6 Å². The number of aromatic hydroxyl groups is 2. The first-order valence-corrected chi connectivity index (χ1v) is 17.6. The summed E-state index contributed by atoms with van der Waals surface area (Å²) in [6.45, 7) is 1.34. The van der Waals surface area contributed by atoms with Crippen molar-refractivity contribution in [3.63, 3.8) is 0 Å². The largest absolute Gasteiger partial charge is 0.504 e. The van der Waals surface area contributed by atoms with Crippen molar-refractivity contribution in [2.75, 3.05) is 20.8 Å². The first-order valence-electron chi connectivity index (χ1n) is 17.6. The molecule has 51 heavy (non-hydrogen) atoms. The van der Waals surface area contributed by atoms with Crippen LogP contribution in [0, 0.1) is 17.8 Å². The van der Waals surface area contributed by atoms with Crippen molar-refractivity contribution in [2.45, 2.75) is 70.0 Å². The van der Waals surface area contributed by atoms with Crippen molar-refractivity contribution < 1.29 is 44.2 Å². The number of benzene rings is 3. The Bertz CT molecular complexity index is 1880. The summed E-state index contributed by atoms with van der Waals surface area (Å²) < 4.78 is 16.3. The van der Waals surface area contributed by atoms with Gasteiger partial charge in [0.15, 0.2) is 23.0 Å². The molecule has 0 saturated heterocycles. The van der Waals surface area contributed by atoms with Crippen molar-refractivity contribution >= 4 is 28.2 Å². The lowest BCUT2D eigenvalue weighted by Gasteiger charge is -2.39. The lowest BCUT2D eigenvalue weighted by molar-refractivity contribution is -0.154. The molecule has 10 nitrogen and oxygen atoms in total. The fourth-order valence-electron chi connectivity index (χ4n) is 8.22. The van der Waals surface area contributed by atoms with E-state index in [-0.39, 0.29) is 72.6 Å². The smallest absolute Gasteiger partial charge is 0.303 e. The minimum absolute atomic E-state index is 0.00438. The van der Waals surface area contributed by atoms with Crippen molar-refractivity contribution in [3.05, 3.63) is 89.1 Å². The number of para-hydroxylation sites is 1. The number of fused-ring (bicyclic) bond motifs is 3. The third-order valence-electron chi connectivity index (χ3n) is 10.7. The summed E-state index contributed by atoms with van der Waals surface area (Å²) in [6.07, 6.45) is 3.29. The lowest BCUT2D eigenvalue weighted by atomic mass is 9.65. The molecule has 1 heterocycles. The van der Waals surface area contributed by atoms with Crippen molar-refractivity contribution in [2.24, 2.45) is 17.8 Å². The fourth-order valence-corrected chi connectivity index (χ4v) is 8.22. The van der Waals surface area contributed by atoms with Gasteiger partial charge < -0.3 is 39.6 Å². The number of aliphatic hydroxyl groups excluding tert-OH is 2. The molecule has 10 heteroatoms. The van der Waals surface area contributed by atoms with Crippen LogP contribution in [0.4, 0.5) is 0 Å². The number of phenolic OH excluding ortho intramolecular Hbond substituents is 2. The van der Waals surface area contributed by atoms with E-state index in [1.807, 2.05) is 24.3 Å². The third-order valence-corrected chi connectivity index (χ3v) is 10.7. The molecule has 2 aliphatic rings. The van der Waals surface area contributed by atoms with Crippen LogP contribution < -0.4 is 9.47 Å². The molecule has 0 spiro atoms. The zero-order valence-electron chi connectivity index (χ0n) is 29.3. The second-order valence-corrected chi connectivity index (χ2v) is 14.0. The van der Waals surface area contributed by atoms with Gasteiger partial charge in [0.2, 0.25) is 0 Å². The number of allylic oxidation sites excluding steroid dienone is 1. The van der Waals surface area contributed by atoms with E-state index in [0.29, 0.717) is 17.7 Å². The Balaban J connectivity index is 1.36. The number of hydrogen-bond donors (Lipinski definition) is 5. The molecule has 0 amide bonds. The highest BCUT2D eigenvalue weighted by atomic mass is 16.6. The molecule has 0 aliphatic heterocycles. The molecule has 1 fully saturated rings. The zero-order chi connectivity index (χ0) is 36.2. The SMILES string of the molecule is COc1cc(C[C@H](O)[C@H](CC(=O)C[C@@H]2c3cc(OC)c(O)cc3C(c3cc4ccccc4[nH]3)=C[C@H]3CC[C@H](CCO)C[C@H]23)OC(C)=O)ccc1O. The van der Waals surface area contributed by atoms with Crippen LogP contribution in [0.3, 0.4) is 0 Å². The normalized spacial score (nSPS) is 21.1. The highest BCUT2D eigenvalue weighted by Crippen LogP contribution is 2.52. The van der Waals surface area contributed by atoms with Gasteiger partial charge in [-0.2, -0.15) is 0 Å². The number of methoxy groups -OCH3 is 2. The van der Waals surface area contributed by atoms with Gasteiger partial charge in [-0.3, -0.25) is 9.59 Å². The van der Waals surface area contributed by atoms with E-state index in [2.05, 4.69) is 23.2 Å². The van der Waals surface area contributed by atoms with Crippen molar-refractivity contribution in [1.82, 2.24) is 4.98 Å². The first kappa shape index (κ1) is 36.0. The van der Waals surface area contributed by atoms with E-state index < -0.39 is 18.2 Å². The Labute approximate surface area is 297 Å². The number of carbonyl (C=O) groups excluding carboxylic acids is 2. The second-order valence-electron chi connectivity index (χ2n) is 14.0. The Morgan fingerprint density at radius 3 is 2.45 bits per heavy atom. The zero-order valence-corrected chi connectivity index (χ0v) is 29.3. The summed E-state index contributed by atoms with van der Waals surface area (Å²) in [5.41, 5.74) is 5.18. The van der Waals surface area contributed by atoms with E-state index in [1.165, 1.54) is 27.2 Å². The van der Waals surface area contributed by atoms with Crippen LogP contribution in [0.25, 0.3) is 16.5 Å². The number of H-pyrrole nitrogens is 1. The molecule has 1 saturated carbocycles. The van der Waals surface area contributed by atoms with Crippen LogP contribution >= 0.6 is 0 Å². The minimum Gasteiger partial charge on any atom is -0.504 e. The number of phenols is 2. The molecule has 0 radical (unpaired) electrons. The van der Waals surface area contributed by atoms with Crippen LogP contribution in [0.15, 0.2) is 66.7 Å². The maximum Gasteiger partial charge on any atom is 0.303 e. The highest BCUT2D eigenvalue weighted by molar-refractivity contribution is 5.90. The summed E-state index contributed by atoms with van der Waals surface area (Å²) >= 11 is 0. The number of aliphatic hydroxyl groups is 2. The molecule has 0 unspecified atom stereocenters. The number of aromatic amines is 1. The van der Waals surface area contributed by atoms with Gasteiger partial charge in [0.25, 0.3) is 0 Å². The molecule has 3 aromatic carbocycles. The fraction of sp³-hybridized carbons (Fsp3) is 0.415. The number of nitrogens with one attached hydrogen (secondary N) is 1. The monoisotopic (exact) mass is 697 g/mol. The Hall–Kier alpha value is -4.80. The number of carbonyl (C=O) groups is 2. The molecular formula is C41H47NO9. The number of esters is 1. The molecule has 4 aromatic rings. The van der Waals surface area contributed by atoms with Crippen LogP contribution in [-0.2, 0) is 20.7 Å². The van der Waals surface area contributed by atoms with E-state index in [4.69, 9.17) is 14.2 Å². The van der Waals surface area contributed by atoms with E-state index in [9.17, 15) is 30.0 Å². The Morgan fingerprint density at radius 1 is 0.961 bits per heavy atom. The number of hydrogen-bond acceptors (Lipinski definition) is 9. The molecule has 1 aromatic heterocycles. The molecule has 0 bridgehead atoms. The predicted molar refractivity (Wildman–Crippen MR) is 193 cm³/mol. The minimum atomic E-state index is -1.20. The summed E-state index contributed by atoms with van der Waals surface area (Å²) in [7, 11) is 2.93. The van der Waals surface area contributed by atoms with Gasteiger partial charge in [0.1, 0.15) is 11.9 Å². The van der Waals surface area contributed by atoms with Gasteiger partial charge in [-0.05, 0) is 102 Å². The van der Waals surface area contributed by atoms with Crippen LogP contribution in [0.2, 0.25) is 0 Å². The van der Waals surface area contributed by atoms with Gasteiger partial charge in [-0.15, -0.1) is 0 Å². The Kier molecular flexibility index (Phi) is 11.0. The van der Waals surface area contributed by atoms with Gasteiger partial charge in [-0.1, -0.05) is 30.3 Å². The maximum atomic E-state index is 14.2. The van der Waals surface area contributed by atoms with E-state index in [1.54, 1.807) is 18.2 Å². The first-order chi connectivity index (χ1) is 24.6. The number of ether oxygens (including phenoxy) is 3. The maximum absolute atomic E-state index is 14.2. The molecule has 6 atom stereocenters. The van der Waals surface area contributed by atoms with Gasteiger partial charge in [0.05, 0.1) is 20.3 Å². The topological polar surface area (TPSA) is 159 Å². The van der Waals surface area contributed by atoms with Crippen molar-refractivity contribution in [3.8, 4) is 23.0 Å². The number of Topliss-reactive ketones (excluding diaryl/α,β-unsaturated/α-hetero) is 1. The van der Waals surface area contributed by atoms with Gasteiger partial charge in [-0.25, -0.2) is 0 Å². The predicted octanol–water partition coefficient (Wildman–Crippen LogP) is 6.42. The quantitative estimate of drug-likeness (QED) is 0.0994. The van der Waals surface area contributed by atoms with Crippen LogP contribution in [-0.4, -0.2) is 70.2 Å². The summed E-state index contributed by atoms with van der Waals surface area (Å²) in [4.78, 5) is 30.0. The summed E-state index contributed by atoms with van der Waals surface area (Å²) in [5.74, 6) is -0.132. The number of rotatable bonds is 13. The van der Waals surface area contributed by atoms with Crippen molar-refractivity contribution in [1.29, 1.82) is 0 Å². The number of ketones is 1. The summed E-state index contributed by atoms with van der Waals surface area (Å²) in [6, 6.07) is 18.4. The number of aromatic nitrogens is 1. The second kappa shape index (κ2) is 15.6. The summed E-state index contributed by atoms with van der Waals surface area (Å²) in [5, 5.41) is 43.3. The van der Waals surface area contributed by atoms with Gasteiger partial charge >= 0.3 is 5.97 Å². The van der Waals surface area contributed by atoms with E-state index >= 15 is 0 Å². The average molecular weight is 698 g/mol.